The van der Waals surface area contributed by atoms with Crippen LogP contribution in [0.2, 0.25) is 0 Å². The van der Waals surface area contributed by atoms with Crippen molar-refractivity contribution >= 4 is 29.2 Å². The van der Waals surface area contributed by atoms with Crippen molar-refractivity contribution in [1.82, 2.24) is 15.3 Å². The highest BCUT2D eigenvalue weighted by Gasteiger charge is 2.20. The van der Waals surface area contributed by atoms with E-state index in [1.165, 1.54) is 28.6 Å². The van der Waals surface area contributed by atoms with Gasteiger partial charge in [0.15, 0.2) is 5.16 Å². The third-order valence-electron chi connectivity index (χ3n) is 4.77. The molecule has 7 heteroatoms. The van der Waals surface area contributed by atoms with Gasteiger partial charge in [0.25, 0.3) is 0 Å². The lowest BCUT2D eigenvalue weighted by Crippen LogP contribution is -2.47. The zero-order valence-electron chi connectivity index (χ0n) is 18.0. The molecule has 29 heavy (non-hydrogen) atoms. The lowest BCUT2D eigenvalue weighted by molar-refractivity contribution is -0.119. The Bertz CT molecular complexity index is 857. The maximum atomic E-state index is 12.0. The fourth-order valence-corrected chi connectivity index (χ4v) is 4.02. The van der Waals surface area contributed by atoms with E-state index in [1.54, 1.807) is 6.20 Å². The number of hydrogen-bond acceptors (Lipinski definition) is 6. The Balaban J connectivity index is 1.58. The minimum Gasteiger partial charge on any atom is -0.368 e. The van der Waals surface area contributed by atoms with Gasteiger partial charge in [-0.3, -0.25) is 4.79 Å². The number of aromatic nitrogens is 2. The van der Waals surface area contributed by atoms with E-state index in [1.807, 2.05) is 26.8 Å². The van der Waals surface area contributed by atoms with Crippen LogP contribution >= 0.6 is 11.8 Å². The van der Waals surface area contributed by atoms with E-state index in [9.17, 15) is 4.79 Å². The number of nitrogens with one attached hydrogen (secondary N) is 1. The van der Waals surface area contributed by atoms with Gasteiger partial charge in [-0.2, -0.15) is 0 Å². The lowest BCUT2D eigenvalue weighted by Gasteiger charge is -2.37. The van der Waals surface area contributed by atoms with Gasteiger partial charge >= 0.3 is 0 Å². The minimum atomic E-state index is -0.227. The first-order chi connectivity index (χ1) is 13.7. The largest absolute Gasteiger partial charge is 0.368 e. The van der Waals surface area contributed by atoms with E-state index in [2.05, 4.69) is 57.1 Å². The van der Waals surface area contributed by atoms with Crippen LogP contribution < -0.4 is 15.1 Å². The number of hydrogen-bond donors (Lipinski definition) is 1. The normalized spacial score (nSPS) is 14.8. The summed E-state index contributed by atoms with van der Waals surface area (Å²) < 4.78 is 0. The standard InChI is InChI=1S/C22H31N5OS/c1-16-6-7-17(2)18(14-16)26-10-12-27(13-11-26)19-8-9-23-21(24-19)29-15-20(28)25-22(3,4)5/h6-9,14H,10-13,15H2,1-5H3,(H,25,28). The summed E-state index contributed by atoms with van der Waals surface area (Å²) in [5.41, 5.74) is 3.71. The molecule has 0 radical (unpaired) electrons. The number of thioether (sulfide) groups is 1. The lowest BCUT2D eigenvalue weighted by atomic mass is 10.1. The highest BCUT2D eigenvalue weighted by Crippen LogP contribution is 2.24. The fraction of sp³-hybridized carbons (Fsp3) is 0.500. The molecule has 3 rings (SSSR count). The number of nitrogens with zero attached hydrogens (tertiary/aromatic N) is 4. The first kappa shape index (κ1) is 21.4. The minimum absolute atomic E-state index is 0.00126. The average molecular weight is 414 g/mol. The highest BCUT2D eigenvalue weighted by molar-refractivity contribution is 7.99. The molecule has 156 valence electrons. The summed E-state index contributed by atoms with van der Waals surface area (Å²) in [6.45, 7) is 14.0. The van der Waals surface area contributed by atoms with Gasteiger partial charge in [0.2, 0.25) is 5.91 Å². The van der Waals surface area contributed by atoms with Gasteiger partial charge in [-0.05, 0) is 57.9 Å². The molecular weight excluding hydrogens is 382 g/mol. The van der Waals surface area contributed by atoms with E-state index >= 15 is 0 Å². The summed E-state index contributed by atoms with van der Waals surface area (Å²) in [4.78, 5) is 25.8. The molecule has 0 spiro atoms. The molecular formula is C22H31N5OS. The van der Waals surface area contributed by atoms with Crippen molar-refractivity contribution in [3.63, 3.8) is 0 Å². The van der Waals surface area contributed by atoms with E-state index < -0.39 is 0 Å². The van der Waals surface area contributed by atoms with Crippen molar-refractivity contribution in [3.8, 4) is 0 Å². The third kappa shape index (κ3) is 6.10. The van der Waals surface area contributed by atoms with Crippen LogP contribution in [0, 0.1) is 13.8 Å². The number of rotatable bonds is 5. The van der Waals surface area contributed by atoms with E-state index in [4.69, 9.17) is 0 Å². The predicted molar refractivity (Wildman–Crippen MR) is 121 cm³/mol. The molecule has 0 bridgehead atoms. The first-order valence-corrected chi connectivity index (χ1v) is 11.0. The number of aryl methyl sites for hydroxylation is 2. The Labute approximate surface area is 178 Å². The van der Waals surface area contributed by atoms with Gasteiger partial charge in [0.05, 0.1) is 5.75 Å². The van der Waals surface area contributed by atoms with Gasteiger partial charge in [-0.25, -0.2) is 9.97 Å². The predicted octanol–water partition coefficient (Wildman–Crippen LogP) is 3.43. The second-order valence-electron chi connectivity index (χ2n) is 8.55. The molecule has 1 aromatic carbocycles. The van der Waals surface area contributed by atoms with Crippen LogP contribution in [0.4, 0.5) is 11.5 Å². The molecule has 0 atom stereocenters. The van der Waals surface area contributed by atoms with Gasteiger partial charge in [-0.15, -0.1) is 0 Å². The zero-order chi connectivity index (χ0) is 21.0. The summed E-state index contributed by atoms with van der Waals surface area (Å²) in [5, 5.41) is 3.61. The number of amides is 1. The maximum Gasteiger partial charge on any atom is 0.230 e. The molecule has 1 aliphatic rings. The number of benzene rings is 1. The molecule has 2 heterocycles. The summed E-state index contributed by atoms with van der Waals surface area (Å²) in [6.07, 6.45) is 1.78. The van der Waals surface area contributed by atoms with Gasteiger partial charge in [-0.1, -0.05) is 23.9 Å². The summed E-state index contributed by atoms with van der Waals surface area (Å²) in [5.74, 6) is 1.25. The maximum absolute atomic E-state index is 12.0. The summed E-state index contributed by atoms with van der Waals surface area (Å²) in [6, 6.07) is 8.58. The Morgan fingerprint density at radius 3 is 2.48 bits per heavy atom. The molecule has 6 nitrogen and oxygen atoms in total. The van der Waals surface area contributed by atoms with Gasteiger partial charge < -0.3 is 15.1 Å². The van der Waals surface area contributed by atoms with Crippen molar-refractivity contribution in [2.45, 2.75) is 45.3 Å². The van der Waals surface area contributed by atoms with Crippen LogP contribution in [0.15, 0.2) is 35.6 Å². The van der Waals surface area contributed by atoms with Crippen LogP contribution in [0.5, 0.6) is 0 Å². The molecule has 0 aliphatic carbocycles. The second kappa shape index (κ2) is 9.03. The van der Waals surface area contributed by atoms with Crippen LogP contribution in [-0.4, -0.2) is 53.3 Å². The number of carbonyl (C=O) groups is 1. The number of carbonyl (C=O) groups excluding carboxylic acids is 1. The SMILES string of the molecule is Cc1ccc(C)c(N2CCN(c3ccnc(SCC(=O)NC(C)(C)C)n3)CC2)c1. The third-order valence-corrected chi connectivity index (χ3v) is 5.64. The molecule has 0 unspecified atom stereocenters. The fourth-order valence-electron chi connectivity index (χ4n) is 3.40. The summed E-state index contributed by atoms with van der Waals surface area (Å²) in [7, 11) is 0. The molecule has 1 fully saturated rings. The van der Waals surface area contributed by atoms with Gasteiger partial charge in [0, 0.05) is 43.6 Å². The molecule has 0 saturated carbocycles. The monoisotopic (exact) mass is 413 g/mol. The highest BCUT2D eigenvalue weighted by atomic mass is 32.2. The molecule has 1 saturated heterocycles. The van der Waals surface area contributed by atoms with Crippen molar-refractivity contribution in [1.29, 1.82) is 0 Å². The van der Waals surface area contributed by atoms with Crippen molar-refractivity contribution < 1.29 is 4.79 Å². The number of anilines is 2. The molecule has 1 N–H and O–H groups in total. The van der Waals surface area contributed by atoms with Crippen LogP contribution in [-0.2, 0) is 4.79 Å². The molecule has 1 aliphatic heterocycles. The van der Waals surface area contributed by atoms with E-state index in [0.717, 1.165) is 32.0 Å². The van der Waals surface area contributed by atoms with Crippen molar-refractivity contribution in [2.75, 3.05) is 41.7 Å². The molecule has 1 amide bonds. The molecule has 2 aromatic rings. The van der Waals surface area contributed by atoms with Crippen LogP contribution in [0.25, 0.3) is 0 Å². The van der Waals surface area contributed by atoms with Crippen molar-refractivity contribution in [3.05, 3.63) is 41.6 Å². The Kier molecular flexibility index (Phi) is 6.67. The number of piperazine rings is 1. The Hall–Kier alpha value is -2.28. The van der Waals surface area contributed by atoms with E-state index in [-0.39, 0.29) is 11.4 Å². The zero-order valence-corrected chi connectivity index (χ0v) is 18.8. The van der Waals surface area contributed by atoms with Crippen LogP contribution in [0.3, 0.4) is 0 Å². The Morgan fingerprint density at radius 1 is 1.10 bits per heavy atom. The second-order valence-corrected chi connectivity index (χ2v) is 9.49. The topological polar surface area (TPSA) is 61.4 Å². The summed E-state index contributed by atoms with van der Waals surface area (Å²) >= 11 is 1.38. The van der Waals surface area contributed by atoms with Crippen LogP contribution in [0.1, 0.15) is 31.9 Å². The quantitative estimate of drug-likeness (QED) is 0.599. The van der Waals surface area contributed by atoms with Gasteiger partial charge in [0.1, 0.15) is 5.82 Å². The van der Waals surface area contributed by atoms with E-state index in [0.29, 0.717) is 10.9 Å². The Morgan fingerprint density at radius 2 is 1.79 bits per heavy atom. The average Bonchev–Trinajstić information content (AvgIpc) is 2.67. The first-order valence-electron chi connectivity index (χ1n) is 10.1. The van der Waals surface area contributed by atoms with Crippen molar-refractivity contribution in [2.24, 2.45) is 0 Å². The molecule has 1 aromatic heterocycles. The smallest absolute Gasteiger partial charge is 0.230 e.